The monoisotopic (exact) mass is 304 g/mol. The van der Waals surface area contributed by atoms with E-state index < -0.39 is 0 Å². The third-order valence-electron chi connectivity index (χ3n) is 4.75. The Bertz CT molecular complexity index is 526. The molecule has 1 spiro atoms. The molecule has 1 aromatic carbocycles. The molecule has 0 unspecified atom stereocenters. The summed E-state index contributed by atoms with van der Waals surface area (Å²) in [6.45, 7) is 3.91. The first-order valence-corrected chi connectivity index (χ1v) is 7.96. The van der Waals surface area contributed by atoms with E-state index in [0.717, 1.165) is 38.3 Å². The van der Waals surface area contributed by atoms with Gasteiger partial charge in [0.15, 0.2) is 6.61 Å². The average molecular weight is 304 g/mol. The van der Waals surface area contributed by atoms with Crippen molar-refractivity contribution in [2.24, 2.45) is 5.41 Å². The van der Waals surface area contributed by atoms with Gasteiger partial charge in [-0.05, 0) is 37.9 Å². The van der Waals surface area contributed by atoms with Gasteiger partial charge in [-0.25, -0.2) is 0 Å². The number of nitrogens with one attached hydrogen (secondary N) is 1. The third-order valence-corrected chi connectivity index (χ3v) is 4.75. The molecule has 5 nitrogen and oxygen atoms in total. The molecule has 0 aliphatic carbocycles. The van der Waals surface area contributed by atoms with Gasteiger partial charge in [-0.1, -0.05) is 6.07 Å². The van der Waals surface area contributed by atoms with Crippen LogP contribution in [0.25, 0.3) is 0 Å². The first kappa shape index (κ1) is 15.2. The van der Waals surface area contributed by atoms with Gasteiger partial charge in [0, 0.05) is 31.1 Å². The van der Waals surface area contributed by atoms with Crippen LogP contribution in [0.2, 0.25) is 0 Å². The number of hydrogen-bond donors (Lipinski definition) is 1. The normalized spacial score (nSPS) is 24.5. The molecule has 1 amide bonds. The molecule has 1 atom stereocenters. The lowest BCUT2D eigenvalue weighted by molar-refractivity contribution is -0.136. The lowest BCUT2D eigenvalue weighted by Crippen LogP contribution is -2.48. The van der Waals surface area contributed by atoms with E-state index in [-0.39, 0.29) is 12.5 Å². The van der Waals surface area contributed by atoms with Crippen molar-refractivity contribution >= 4 is 5.91 Å². The molecule has 3 rings (SSSR count). The Morgan fingerprint density at radius 2 is 2.23 bits per heavy atom. The highest BCUT2D eigenvalue weighted by molar-refractivity contribution is 5.78. The zero-order valence-corrected chi connectivity index (χ0v) is 13.1. The molecular formula is C17H24N2O3. The minimum atomic E-state index is 0.0776. The van der Waals surface area contributed by atoms with E-state index in [4.69, 9.17) is 9.47 Å². The number of rotatable bonds is 4. The van der Waals surface area contributed by atoms with Crippen LogP contribution >= 0.6 is 0 Å². The maximum atomic E-state index is 12.4. The number of carbonyl (C=O) groups excluding carboxylic acids is 1. The number of piperidine rings is 1. The predicted octanol–water partition coefficient (Wildman–Crippen LogP) is 1.68. The molecule has 1 N–H and O–H groups in total. The van der Waals surface area contributed by atoms with Gasteiger partial charge < -0.3 is 19.7 Å². The average Bonchev–Trinajstić information content (AvgIpc) is 3.00. The second-order valence-corrected chi connectivity index (χ2v) is 6.31. The highest BCUT2D eigenvalue weighted by atomic mass is 16.5. The van der Waals surface area contributed by atoms with Gasteiger partial charge in [0.25, 0.3) is 5.91 Å². The van der Waals surface area contributed by atoms with Gasteiger partial charge >= 0.3 is 0 Å². The minimum Gasteiger partial charge on any atom is -0.497 e. The minimum absolute atomic E-state index is 0.0776. The van der Waals surface area contributed by atoms with Crippen molar-refractivity contribution in [3.8, 4) is 11.5 Å². The molecule has 120 valence electrons. The molecule has 1 aromatic rings. The standard InChI is InChI=1S/C17H24N2O3/c1-21-14-4-2-5-15(10-14)22-11-16(20)19-9-3-6-17(13-19)7-8-18-12-17/h2,4-5,10,18H,3,6-9,11-13H2,1H3/t17-/m0/s1. The molecular weight excluding hydrogens is 280 g/mol. The van der Waals surface area contributed by atoms with Crippen LogP contribution in [0.15, 0.2) is 24.3 Å². The fraction of sp³-hybridized carbons (Fsp3) is 0.588. The van der Waals surface area contributed by atoms with Crippen molar-refractivity contribution in [2.75, 3.05) is 39.9 Å². The van der Waals surface area contributed by atoms with Crippen molar-refractivity contribution in [3.63, 3.8) is 0 Å². The number of amides is 1. The van der Waals surface area contributed by atoms with Crippen molar-refractivity contribution in [1.82, 2.24) is 10.2 Å². The van der Waals surface area contributed by atoms with Gasteiger partial charge in [-0.15, -0.1) is 0 Å². The summed E-state index contributed by atoms with van der Waals surface area (Å²) in [6.07, 6.45) is 3.49. The molecule has 0 saturated carbocycles. The van der Waals surface area contributed by atoms with Crippen LogP contribution in [-0.2, 0) is 4.79 Å². The van der Waals surface area contributed by atoms with Crippen LogP contribution in [0, 0.1) is 5.41 Å². The summed E-state index contributed by atoms with van der Waals surface area (Å²) in [7, 11) is 1.62. The number of ether oxygens (including phenoxy) is 2. The second kappa shape index (κ2) is 6.57. The van der Waals surface area contributed by atoms with E-state index in [1.54, 1.807) is 13.2 Å². The van der Waals surface area contributed by atoms with Gasteiger partial charge in [0.2, 0.25) is 0 Å². The quantitative estimate of drug-likeness (QED) is 0.919. The SMILES string of the molecule is COc1cccc(OCC(=O)N2CCC[C@@]3(CCNC3)C2)c1. The van der Waals surface area contributed by atoms with Crippen LogP contribution in [0.4, 0.5) is 0 Å². The maximum Gasteiger partial charge on any atom is 0.260 e. The predicted molar refractivity (Wildman–Crippen MR) is 84.2 cm³/mol. The van der Waals surface area contributed by atoms with Gasteiger partial charge in [0.1, 0.15) is 11.5 Å². The first-order chi connectivity index (χ1) is 10.7. The number of nitrogens with zero attached hydrogens (tertiary/aromatic N) is 1. The zero-order chi connectivity index (χ0) is 15.4. The van der Waals surface area contributed by atoms with Crippen molar-refractivity contribution in [3.05, 3.63) is 24.3 Å². The van der Waals surface area contributed by atoms with E-state index in [0.29, 0.717) is 11.2 Å². The molecule has 0 aromatic heterocycles. The molecule has 2 fully saturated rings. The lowest BCUT2D eigenvalue weighted by Gasteiger charge is -2.40. The van der Waals surface area contributed by atoms with E-state index >= 15 is 0 Å². The van der Waals surface area contributed by atoms with Crippen LogP contribution in [0.1, 0.15) is 19.3 Å². The lowest BCUT2D eigenvalue weighted by atomic mass is 9.79. The molecule has 0 bridgehead atoms. The molecule has 2 heterocycles. The summed E-state index contributed by atoms with van der Waals surface area (Å²) in [5.41, 5.74) is 0.296. The summed E-state index contributed by atoms with van der Waals surface area (Å²) < 4.78 is 10.8. The van der Waals surface area contributed by atoms with Crippen molar-refractivity contribution in [2.45, 2.75) is 19.3 Å². The van der Waals surface area contributed by atoms with Crippen LogP contribution in [0.3, 0.4) is 0 Å². The Hall–Kier alpha value is -1.75. The number of benzene rings is 1. The summed E-state index contributed by atoms with van der Waals surface area (Å²) in [4.78, 5) is 14.4. The molecule has 2 aliphatic rings. The Labute approximate surface area is 131 Å². The zero-order valence-electron chi connectivity index (χ0n) is 13.1. The fourth-order valence-electron chi connectivity index (χ4n) is 3.49. The van der Waals surface area contributed by atoms with Crippen molar-refractivity contribution in [1.29, 1.82) is 0 Å². The summed E-state index contributed by atoms with van der Waals surface area (Å²) in [6, 6.07) is 7.36. The Balaban J connectivity index is 1.55. The summed E-state index contributed by atoms with van der Waals surface area (Å²) in [5, 5.41) is 3.43. The number of methoxy groups -OCH3 is 1. The molecule has 5 heteroatoms. The Morgan fingerprint density at radius 3 is 3.00 bits per heavy atom. The molecule has 2 saturated heterocycles. The van der Waals surface area contributed by atoms with Gasteiger partial charge in [-0.2, -0.15) is 0 Å². The topological polar surface area (TPSA) is 50.8 Å². The second-order valence-electron chi connectivity index (χ2n) is 6.31. The summed E-state index contributed by atoms with van der Waals surface area (Å²) in [5.74, 6) is 1.48. The maximum absolute atomic E-state index is 12.4. The van der Waals surface area contributed by atoms with E-state index in [2.05, 4.69) is 5.32 Å². The molecule has 0 radical (unpaired) electrons. The van der Waals surface area contributed by atoms with Gasteiger partial charge in [-0.3, -0.25) is 4.79 Å². The highest BCUT2D eigenvalue weighted by Crippen LogP contribution is 2.35. The Kier molecular flexibility index (Phi) is 4.52. The van der Waals surface area contributed by atoms with Gasteiger partial charge in [0.05, 0.1) is 7.11 Å². The van der Waals surface area contributed by atoms with E-state index in [9.17, 15) is 4.79 Å². The van der Waals surface area contributed by atoms with Crippen LogP contribution < -0.4 is 14.8 Å². The largest absolute Gasteiger partial charge is 0.497 e. The number of likely N-dealkylation sites (tertiary alicyclic amines) is 1. The van der Waals surface area contributed by atoms with E-state index in [1.165, 1.54) is 12.8 Å². The Morgan fingerprint density at radius 1 is 1.36 bits per heavy atom. The van der Waals surface area contributed by atoms with Crippen LogP contribution in [0.5, 0.6) is 11.5 Å². The van der Waals surface area contributed by atoms with Crippen LogP contribution in [-0.4, -0.2) is 50.7 Å². The van der Waals surface area contributed by atoms with E-state index in [1.807, 2.05) is 23.1 Å². The number of carbonyl (C=O) groups is 1. The molecule has 22 heavy (non-hydrogen) atoms. The smallest absolute Gasteiger partial charge is 0.260 e. The molecule has 2 aliphatic heterocycles. The highest BCUT2D eigenvalue weighted by Gasteiger charge is 2.39. The third kappa shape index (κ3) is 3.35. The first-order valence-electron chi connectivity index (χ1n) is 7.96. The number of hydrogen-bond acceptors (Lipinski definition) is 4. The van der Waals surface area contributed by atoms with Crippen molar-refractivity contribution < 1.29 is 14.3 Å². The fourth-order valence-corrected chi connectivity index (χ4v) is 3.49. The summed E-state index contributed by atoms with van der Waals surface area (Å²) >= 11 is 0.